The van der Waals surface area contributed by atoms with Gasteiger partial charge in [0.25, 0.3) is 5.91 Å². The summed E-state index contributed by atoms with van der Waals surface area (Å²) in [5, 5.41) is 5.17. The fraction of sp³-hybridized carbons (Fsp3) is 0.160. The second-order valence-electron chi connectivity index (χ2n) is 7.52. The van der Waals surface area contributed by atoms with Crippen LogP contribution in [-0.4, -0.2) is 37.4 Å². The molecule has 3 aromatic carbocycles. The predicted octanol–water partition coefficient (Wildman–Crippen LogP) is 3.65. The molecule has 33 heavy (non-hydrogen) atoms. The number of carbonyl (C=O) groups is 2. The second kappa shape index (κ2) is 9.60. The van der Waals surface area contributed by atoms with E-state index in [0.29, 0.717) is 16.8 Å². The zero-order valence-electron chi connectivity index (χ0n) is 17.9. The standard InChI is InChI=1S/C25H22F2N4O2/c1-31-21-13-7-4-10-18(21)22(17-9-3-6-12-20(17)27)29-23(24(31)32)30-25(33)28-15-14-16-8-2-5-11-19(16)26/h2-13,23H,14-15H2,1H3,(H2,28,30,33). The first-order valence-corrected chi connectivity index (χ1v) is 10.4. The number of hydrogen-bond acceptors (Lipinski definition) is 3. The topological polar surface area (TPSA) is 73.8 Å². The van der Waals surface area contributed by atoms with Gasteiger partial charge in [-0.1, -0.05) is 48.5 Å². The molecule has 0 bridgehead atoms. The first-order valence-electron chi connectivity index (χ1n) is 10.4. The summed E-state index contributed by atoms with van der Waals surface area (Å²) in [6, 6.07) is 18.8. The number of amides is 3. The summed E-state index contributed by atoms with van der Waals surface area (Å²) >= 11 is 0. The summed E-state index contributed by atoms with van der Waals surface area (Å²) in [6.07, 6.45) is -0.987. The Kier molecular flexibility index (Phi) is 6.44. The van der Waals surface area contributed by atoms with E-state index in [1.54, 1.807) is 67.7 Å². The van der Waals surface area contributed by atoms with Crippen LogP contribution in [0.1, 0.15) is 16.7 Å². The number of urea groups is 1. The van der Waals surface area contributed by atoms with Crippen LogP contribution in [0.5, 0.6) is 0 Å². The molecular weight excluding hydrogens is 426 g/mol. The minimum absolute atomic E-state index is 0.160. The Hall–Kier alpha value is -4.07. The van der Waals surface area contributed by atoms with Crippen LogP contribution >= 0.6 is 0 Å². The van der Waals surface area contributed by atoms with Gasteiger partial charge in [-0.15, -0.1) is 0 Å². The third kappa shape index (κ3) is 4.74. The molecule has 0 aromatic heterocycles. The van der Waals surface area contributed by atoms with E-state index in [-0.39, 0.29) is 30.1 Å². The molecule has 3 aromatic rings. The molecule has 168 valence electrons. The highest BCUT2D eigenvalue weighted by molar-refractivity contribution is 6.20. The second-order valence-corrected chi connectivity index (χ2v) is 7.52. The minimum atomic E-state index is -1.27. The van der Waals surface area contributed by atoms with Crippen molar-refractivity contribution in [1.29, 1.82) is 0 Å². The van der Waals surface area contributed by atoms with Crippen molar-refractivity contribution >= 4 is 23.3 Å². The highest BCUT2D eigenvalue weighted by Gasteiger charge is 2.31. The van der Waals surface area contributed by atoms with Crippen LogP contribution in [0.4, 0.5) is 19.3 Å². The fourth-order valence-corrected chi connectivity index (χ4v) is 3.67. The lowest BCUT2D eigenvalue weighted by Crippen LogP contribution is -2.49. The molecule has 0 saturated carbocycles. The van der Waals surface area contributed by atoms with Crippen LogP contribution in [0.25, 0.3) is 0 Å². The van der Waals surface area contributed by atoms with Gasteiger partial charge in [-0.2, -0.15) is 0 Å². The van der Waals surface area contributed by atoms with Crippen molar-refractivity contribution in [2.75, 3.05) is 18.5 Å². The van der Waals surface area contributed by atoms with E-state index in [4.69, 9.17) is 0 Å². The number of fused-ring (bicyclic) bond motifs is 1. The van der Waals surface area contributed by atoms with Gasteiger partial charge in [0.2, 0.25) is 6.17 Å². The lowest BCUT2D eigenvalue weighted by atomic mass is 10.00. The molecule has 0 spiro atoms. The highest BCUT2D eigenvalue weighted by Crippen LogP contribution is 2.27. The van der Waals surface area contributed by atoms with Gasteiger partial charge in [-0.05, 0) is 36.2 Å². The first kappa shape index (κ1) is 22.1. The van der Waals surface area contributed by atoms with Crippen molar-refractivity contribution in [3.63, 3.8) is 0 Å². The van der Waals surface area contributed by atoms with E-state index in [1.807, 2.05) is 0 Å². The molecule has 0 radical (unpaired) electrons. The van der Waals surface area contributed by atoms with E-state index < -0.39 is 23.9 Å². The number of nitrogens with one attached hydrogen (secondary N) is 2. The first-order chi connectivity index (χ1) is 16.0. The average molecular weight is 448 g/mol. The van der Waals surface area contributed by atoms with Crippen LogP contribution in [0.2, 0.25) is 0 Å². The fourth-order valence-electron chi connectivity index (χ4n) is 3.67. The zero-order chi connectivity index (χ0) is 23.4. The molecule has 0 fully saturated rings. The quantitative estimate of drug-likeness (QED) is 0.626. The van der Waals surface area contributed by atoms with E-state index in [0.717, 1.165) is 0 Å². The molecule has 8 heteroatoms. The number of nitrogens with zero attached hydrogens (tertiary/aromatic N) is 2. The number of rotatable bonds is 5. The number of benzodiazepines with no additional fused rings is 1. The Morgan fingerprint density at radius 3 is 2.30 bits per heavy atom. The summed E-state index contributed by atoms with van der Waals surface area (Å²) in [4.78, 5) is 31.4. The van der Waals surface area contributed by atoms with Crippen molar-refractivity contribution in [2.45, 2.75) is 12.6 Å². The molecular formula is C25H22F2N4O2. The SMILES string of the molecule is CN1C(=O)C(NC(=O)NCCc2ccccc2F)N=C(c2ccccc2F)c2ccccc21. The van der Waals surface area contributed by atoms with E-state index in [9.17, 15) is 18.4 Å². The summed E-state index contributed by atoms with van der Waals surface area (Å²) in [5.74, 6) is -1.31. The summed E-state index contributed by atoms with van der Waals surface area (Å²) in [7, 11) is 1.58. The Labute approximate surface area is 190 Å². The van der Waals surface area contributed by atoms with Crippen molar-refractivity contribution in [3.05, 3.63) is 101 Å². The number of carbonyl (C=O) groups excluding carboxylic acids is 2. The highest BCUT2D eigenvalue weighted by atomic mass is 19.1. The normalized spacial score (nSPS) is 15.4. The zero-order valence-corrected chi connectivity index (χ0v) is 17.9. The largest absolute Gasteiger partial charge is 0.338 e. The minimum Gasteiger partial charge on any atom is -0.338 e. The Morgan fingerprint density at radius 2 is 1.58 bits per heavy atom. The monoisotopic (exact) mass is 448 g/mol. The van der Waals surface area contributed by atoms with Crippen molar-refractivity contribution in [1.82, 2.24) is 10.6 Å². The van der Waals surface area contributed by atoms with Gasteiger partial charge in [0, 0.05) is 24.7 Å². The van der Waals surface area contributed by atoms with Gasteiger partial charge in [-0.3, -0.25) is 4.79 Å². The number of aliphatic imine (C=N–C) groups is 1. The average Bonchev–Trinajstić information content (AvgIpc) is 2.91. The van der Waals surface area contributed by atoms with Crippen molar-refractivity contribution in [2.24, 2.45) is 4.99 Å². The van der Waals surface area contributed by atoms with Gasteiger partial charge in [0.1, 0.15) is 11.6 Å². The van der Waals surface area contributed by atoms with Gasteiger partial charge in [0.05, 0.1) is 11.4 Å². The number of benzene rings is 3. The molecule has 1 unspecified atom stereocenters. The van der Waals surface area contributed by atoms with Crippen LogP contribution in [0.15, 0.2) is 77.8 Å². The third-order valence-electron chi connectivity index (χ3n) is 5.38. The van der Waals surface area contributed by atoms with Gasteiger partial charge >= 0.3 is 6.03 Å². The molecule has 4 rings (SSSR count). The van der Waals surface area contributed by atoms with Gasteiger partial charge < -0.3 is 15.5 Å². The lowest BCUT2D eigenvalue weighted by Gasteiger charge is -2.21. The Bertz CT molecular complexity index is 1230. The molecule has 3 amide bonds. The smallest absolute Gasteiger partial charge is 0.316 e. The van der Waals surface area contributed by atoms with Crippen molar-refractivity contribution < 1.29 is 18.4 Å². The number of halogens is 2. The van der Waals surface area contributed by atoms with Crippen LogP contribution in [0, 0.1) is 11.6 Å². The number of para-hydroxylation sites is 1. The van der Waals surface area contributed by atoms with Crippen LogP contribution in [-0.2, 0) is 11.2 Å². The van der Waals surface area contributed by atoms with Crippen molar-refractivity contribution in [3.8, 4) is 0 Å². The lowest BCUT2D eigenvalue weighted by molar-refractivity contribution is -0.119. The van der Waals surface area contributed by atoms with Gasteiger partial charge in [-0.25, -0.2) is 18.6 Å². The molecule has 0 saturated heterocycles. The Balaban J connectivity index is 1.58. The van der Waals surface area contributed by atoms with Crippen LogP contribution < -0.4 is 15.5 Å². The molecule has 2 N–H and O–H groups in total. The molecule has 1 heterocycles. The maximum absolute atomic E-state index is 14.6. The van der Waals surface area contributed by atoms with E-state index >= 15 is 0 Å². The summed E-state index contributed by atoms with van der Waals surface area (Å²) < 4.78 is 28.4. The maximum Gasteiger partial charge on any atom is 0.316 e. The Morgan fingerprint density at radius 1 is 0.939 bits per heavy atom. The molecule has 1 atom stereocenters. The van der Waals surface area contributed by atoms with Crippen LogP contribution in [0.3, 0.4) is 0 Å². The summed E-state index contributed by atoms with van der Waals surface area (Å²) in [5.41, 5.74) is 2.08. The number of likely N-dealkylation sites (N-methyl/N-ethyl adjacent to an activating group) is 1. The van der Waals surface area contributed by atoms with E-state index in [1.165, 1.54) is 17.0 Å². The molecule has 1 aliphatic heterocycles. The third-order valence-corrected chi connectivity index (χ3v) is 5.38. The summed E-state index contributed by atoms with van der Waals surface area (Å²) in [6.45, 7) is 0.160. The maximum atomic E-state index is 14.6. The molecule has 1 aliphatic rings. The number of hydrogen-bond donors (Lipinski definition) is 2. The molecule has 6 nitrogen and oxygen atoms in total. The van der Waals surface area contributed by atoms with E-state index in [2.05, 4.69) is 15.6 Å². The predicted molar refractivity (Wildman–Crippen MR) is 122 cm³/mol. The van der Waals surface area contributed by atoms with Gasteiger partial charge in [0.15, 0.2) is 0 Å². The number of anilines is 1. The molecule has 0 aliphatic carbocycles.